The highest BCUT2D eigenvalue weighted by atomic mass is 16.4. The van der Waals surface area contributed by atoms with E-state index in [1.54, 1.807) is 0 Å². The van der Waals surface area contributed by atoms with Gasteiger partial charge in [0, 0.05) is 25.7 Å². The number of rotatable bonds is 4. The lowest BCUT2D eigenvalue weighted by atomic mass is 10.0. The fourth-order valence-corrected chi connectivity index (χ4v) is 3.17. The lowest BCUT2D eigenvalue weighted by Gasteiger charge is -2.44. The number of carboxylic acids is 1. The van der Waals surface area contributed by atoms with Crippen LogP contribution in [0.1, 0.15) is 26.2 Å². The highest BCUT2D eigenvalue weighted by Crippen LogP contribution is 2.19. The van der Waals surface area contributed by atoms with Gasteiger partial charge in [0.25, 0.3) is 0 Å². The van der Waals surface area contributed by atoms with Gasteiger partial charge in [0.2, 0.25) is 0 Å². The van der Waals surface area contributed by atoms with Gasteiger partial charge in [-0.15, -0.1) is 0 Å². The first-order chi connectivity index (χ1) is 8.72. The normalized spacial score (nSPS) is 28.4. The van der Waals surface area contributed by atoms with Crippen LogP contribution in [-0.4, -0.2) is 72.2 Å². The lowest BCUT2D eigenvalue weighted by molar-refractivity contribution is -0.147. The Hall–Kier alpha value is -0.650. The Kier molecular flexibility index (Phi) is 4.97. The van der Waals surface area contributed by atoms with Crippen LogP contribution in [0.25, 0.3) is 0 Å². The predicted octanol–water partition coefficient (Wildman–Crippen LogP) is 0.219. The highest BCUT2D eigenvalue weighted by molar-refractivity contribution is 5.74. The van der Waals surface area contributed by atoms with Gasteiger partial charge < -0.3 is 10.4 Å². The van der Waals surface area contributed by atoms with E-state index in [1.165, 1.54) is 0 Å². The third-order valence-electron chi connectivity index (χ3n) is 4.11. The molecule has 0 saturated carbocycles. The number of aliphatic carboxylic acids is 1. The minimum absolute atomic E-state index is 0.312. The standard InChI is InChI=1S/C13H25N3O2/c1-2-7-15-8-9-16(12(10-15)13(17)18)11-3-5-14-6-4-11/h11-12,14H,2-10H2,1H3,(H,17,18). The maximum atomic E-state index is 11.5. The van der Waals surface area contributed by atoms with Crippen LogP contribution in [0.2, 0.25) is 0 Å². The number of piperidine rings is 1. The molecule has 5 heteroatoms. The average Bonchev–Trinajstić information content (AvgIpc) is 2.40. The molecule has 2 fully saturated rings. The van der Waals surface area contributed by atoms with E-state index in [4.69, 9.17) is 0 Å². The number of carbonyl (C=O) groups is 1. The number of hydrogen-bond donors (Lipinski definition) is 2. The zero-order valence-electron chi connectivity index (χ0n) is 11.3. The van der Waals surface area contributed by atoms with Crippen molar-refractivity contribution in [2.24, 2.45) is 0 Å². The summed E-state index contributed by atoms with van der Waals surface area (Å²) in [7, 11) is 0. The molecule has 0 aromatic rings. The summed E-state index contributed by atoms with van der Waals surface area (Å²) in [6.45, 7) is 7.81. The molecule has 2 rings (SSSR count). The van der Waals surface area contributed by atoms with Crippen LogP contribution >= 0.6 is 0 Å². The van der Waals surface area contributed by atoms with Crippen molar-refractivity contribution in [3.8, 4) is 0 Å². The molecular weight excluding hydrogens is 230 g/mol. The second kappa shape index (κ2) is 6.50. The number of nitrogens with one attached hydrogen (secondary N) is 1. The number of piperazine rings is 1. The van der Waals surface area contributed by atoms with Crippen LogP contribution in [0.4, 0.5) is 0 Å². The predicted molar refractivity (Wildman–Crippen MR) is 70.8 cm³/mol. The van der Waals surface area contributed by atoms with Crippen LogP contribution in [0.5, 0.6) is 0 Å². The van der Waals surface area contributed by atoms with Gasteiger partial charge in [0.1, 0.15) is 6.04 Å². The average molecular weight is 255 g/mol. The smallest absolute Gasteiger partial charge is 0.322 e. The summed E-state index contributed by atoms with van der Waals surface area (Å²) in [5, 5.41) is 12.8. The molecule has 2 heterocycles. The molecule has 1 atom stereocenters. The maximum Gasteiger partial charge on any atom is 0.322 e. The second-order valence-corrected chi connectivity index (χ2v) is 5.37. The Labute approximate surface area is 109 Å². The number of nitrogens with zero attached hydrogens (tertiary/aromatic N) is 2. The minimum Gasteiger partial charge on any atom is -0.480 e. The zero-order chi connectivity index (χ0) is 13.0. The van der Waals surface area contributed by atoms with E-state index in [2.05, 4.69) is 22.0 Å². The van der Waals surface area contributed by atoms with Crippen molar-refractivity contribution in [2.75, 3.05) is 39.3 Å². The molecule has 2 N–H and O–H groups in total. The molecule has 0 bridgehead atoms. The van der Waals surface area contributed by atoms with E-state index >= 15 is 0 Å². The molecule has 5 nitrogen and oxygen atoms in total. The molecule has 0 aliphatic carbocycles. The van der Waals surface area contributed by atoms with Gasteiger partial charge >= 0.3 is 5.97 Å². The molecule has 0 radical (unpaired) electrons. The van der Waals surface area contributed by atoms with Crippen molar-refractivity contribution < 1.29 is 9.90 Å². The maximum absolute atomic E-state index is 11.5. The lowest BCUT2D eigenvalue weighted by Crippen LogP contribution is -2.60. The highest BCUT2D eigenvalue weighted by Gasteiger charge is 2.36. The number of carboxylic acid groups (broad SMARTS) is 1. The van der Waals surface area contributed by atoms with Gasteiger partial charge in [-0.1, -0.05) is 6.92 Å². The third kappa shape index (κ3) is 3.22. The fourth-order valence-electron chi connectivity index (χ4n) is 3.17. The molecule has 104 valence electrons. The van der Waals surface area contributed by atoms with Crippen LogP contribution < -0.4 is 5.32 Å². The molecule has 18 heavy (non-hydrogen) atoms. The fraction of sp³-hybridized carbons (Fsp3) is 0.923. The summed E-state index contributed by atoms with van der Waals surface area (Å²) in [5.41, 5.74) is 0. The summed E-state index contributed by atoms with van der Waals surface area (Å²) in [6.07, 6.45) is 3.26. The van der Waals surface area contributed by atoms with E-state index in [0.717, 1.165) is 52.0 Å². The molecule has 1 unspecified atom stereocenters. The quantitative estimate of drug-likeness (QED) is 0.752. The number of hydrogen-bond acceptors (Lipinski definition) is 4. The summed E-state index contributed by atoms with van der Waals surface area (Å²) in [4.78, 5) is 16.0. The Bertz CT molecular complexity index is 279. The monoisotopic (exact) mass is 255 g/mol. The van der Waals surface area contributed by atoms with E-state index in [0.29, 0.717) is 12.6 Å². The second-order valence-electron chi connectivity index (χ2n) is 5.37. The van der Waals surface area contributed by atoms with Gasteiger partial charge in [-0.05, 0) is 38.9 Å². The van der Waals surface area contributed by atoms with E-state index in [9.17, 15) is 9.90 Å². The molecule has 0 spiro atoms. The first-order valence-electron chi connectivity index (χ1n) is 7.14. The van der Waals surface area contributed by atoms with Crippen molar-refractivity contribution in [3.05, 3.63) is 0 Å². The summed E-state index contributed by atoms with van der Waals surface area (Å²) in [6, 6.07) is 0.143. The van der Waals surface area contributed by atoms with Crippen molar-refractivity contribution >= 4 is 5.97 Å². The molecule has 0 amide bonds. The van der Waals surface area contributed by atoms with Gasteiger partial charge in [-0.3, -0.25) is 14.6 Å². The molecule has 0 aromatic carbocycles. The van der Waals surface area contributed by atoms with Crippen molar-refractivity contribution in [1.29, 1.82) is 0 Å². The summed E-state index contributed by atoms with van der Waals surface area (Å²) < 4.78 is 0. The van der Waals surface area contributed by atoms with E-state index < -0.39 is 5.97 Å². The van der Waals surface area contributed by atoms with Crippen molar-refractivity contribution in [1.82, 2.24) is 15.1 Å². The van der Waals surface area contributed by atoms with Gasteiger partial charge in [0.15, 0.2) is 0 Å². The molecule has 2 aliphatic heterocycles. The molecular formula is C13H25N3O2. The Morgan fingerprint density at radius 2 is 2.06 bits per heavy atom. The topological polar surface area (TPSA) is 55.8 Å². The van der Waals surface area contributed by atoms with Gasteiger partial charge in [0.05, 0.1) is 0 Å². The Morgan fingerprint density at radius 1 is 1.33 bits per heavy atom. The third-order valence-corrected chi connectivity index (χ3v) is 4.11. The van der Waals surface area contributed by atoms with Crippen molar-refractivity contribution in [2.45, 2.75) is 38.3 Å². The Balaban J connectivity index is 1.98. The zero-order valence-corrected chi connectivity index (χ0v) is 11.3. The molecule has 0 aromatic heterocycles. The largest absolute Gasteiger partial charge is 0.480 e. The van der Waals surface area contributed by atoms with Crippen molar-refractivity contribution in [3.63, 3.8) is 0 Å². The summed E-state index contributed by atoms with van der Waals surface area (Å²) >= 11 is 0. The first kappa shape index (κ1) is 13.8. The first-order valence-corrected chi connectivity index (χ1v) is 7.14. The summed E-state index contributed by atoms with van der Waals surface area (Å²) in [5.74, 6) is -0.658. The minimum atomic E-state index is -0.658. The van der Waals surface area contributed by atoms with Crippen LogP contribution in [-0.2, 0) is 4.79 Å². The van der Waals surface area contributed by atoms with Gasteiger partial charge in [-0.2, -0.15) is 0 Å². The SMILES string of the molecule is CCCN1CCN(C2CCNCC2)C(C(=O)O)C1. The van der Waals surface area contributed by atoms with Crippen LogP contribution in [0.15, 0.2) is 0 Å². The van der Waals surface area contributed by atoms with Gasteiger partial charge in [-0.25, -0.2) is 0 Å². The van der Waals surface area contributed by atoms with E-state index in [-0.39, 0.29) is 6.04 Å². The Morgan fingerprint density at radius 3 is 2.67 bits per heavy atom. The van der Waals surface area contributed by atoms with Crippen LogP contribution in [0.3, 0.4) is 0 Å². The van der Waals surface area contributed by atoms with Crippen LogP contribution in [0, 0.1) is 0 Å². The van der Waals surface area contributed by atoms with E-state index in [1.807, 2.05) is 0 Å². The molecule has 2 aliphatic rings. The molecule has 2 saturated heterocycles.